The minimum atomic E-state index is -0.477. The molecule has 1 saturated carbocycles. The zero-order valence-electron chi connectivity index (χ0n) is 12.1. The lowest BCUT2D eigenvalue weighted by Crippen LogP contribution is -2.42. The summed E-state index contributed by atoms with van der Waals surface area (Å²) in [7, 11) is 0. The van der Waals surface area contributed by atoms with Gasteiger partial charge in [-0.1, -0.05) is 35.7 Å². The Balaban J connectivity index is 1.78. The molecule has 1 aromatic rings. The molecular weight excluding hydrogens is 334 g/mol. The van der Waals surface area contributed by atoms with Crippen molar-refractivity contribution in [2.45, 2.75) is 38.6 Å². The largest absolute Gasteiger partial charge is 0.452 e. The van der Waals surface area contributed by atoms with Gasteiger partial charge in [-0.05, 0) is 43.0 Å². The first-order valence-electron chi connectivity index (χ1n) is 7.28. The summed E-state index contributed by atoms with van der Waals surface area (Å²) in [4.78, 5) is 23.7. The first-order chi connectivity index (χ1) is 10.1. The van der Waals surface area contributed by atoms with Crippen LogP contribution < -0.4 is 5.32 Å². The molecule has 1 fully saturated rings. The number of amides is 1. The Morgan fingerprint density at radius 3 is 2.57 bits per heavy atom. The van der Waals surface area contributed by atoms with Crippen LogP contribution >= 0.6 is 15.9 Å². The number of rotatable bonds is 4. The highest BCUT2D eigenvalue weighted by atomic mass is 79.9. The molecular formula is C16H20BrNO3. The van der Waals surface area contributed by atoms with E-state index in [0.717, 1.165) is 23.7 Å². The molecule has 0 heterocycles. The van der Waals surface area contributed by atoms with Crippen LogP contribution in [-0.4, -0.2) is 24.5 Å². The smallest absolute Gasteiger partial charge is 0.338 e. The summed E-state index contributed by atoms with van der Waals surface area (Å²) in [5.74, 6) is -0.210. The van der Waals surface area contributed by atoms with Gasteiger partial charge in [0.1, 0.15) is 0 Å². The summed E-state index contributed by atoms with van der Waals surface area (Å²) in [5, 5.41) is 2.96. The Labute approximate surface area is 133 Å². The summed E-state index contributed by atoms with van der Waals surface area (Å²) >= 11 is 3.30. The highest BCUT2D eigenvalue weighted by Crippen LogP contribution is 2.23. The maximum atomic E-state index is 11.9. The number of benzene rings is 1. The van der Waals surface area contributed by atoms with Crippen LogP contribution in [0.5, 0.6) is 0 Å². The molecule has 21 heavy (non-hydrogen) atoms. The van der Waals surface area contributed by atoms with Gasteiger partial charge < -0.3 is 10.1 Å². The Kier molecular flexibility index (Phi) is 5.79. The second kappa shape index (κ2) is 7.59. The van der Waals surface area contributed by atoms with Crippen molar-refractivity contribution < 1.29 is 14.3 Å². The van der Waals surface area contributed by atoms with Crippen LogP contribution in [0, 0.1) is 5.92 Å². The Hall–Kier alpha value is -1.36. The normalized spacial score (nSPS) is 21.6. The number of carbonyl (C=O) groups is 2. The molecule has 0 bridgehead atoms. The van der Waals surface area contributed by atoms with Gasteiger partial charge in [0.15, 0.2) is 6.61 Å². The van der Waals surface area contributed by atoms with Gasteiger partial charge in [-0.3, -0.25) is 4.79 Å². The third kappa shape index (κ3) is 4.84. The van der Waals surface area contributed by atoms with E-state index in [0.29, 0.717) is 11.5 Å². The van der Waals surface area contributed by atoms with Crippen LogP contribution in [0.15, 0.2) is 28.7 Å². The van der Waals surface area contributed by atoms with Crippen molar-refractivity contribution >= 4 is 27.8 Å². The molecule has 0 saturated heterocycles. The molecule has 5 heteroatoms. The zero-order valence-corrected chi connectivity index (χ0v) is 13.7. The van der Waals surface area contributed by atoms with Crippen molar-refractivity contribution in [3.8, 4) is 0 Å². The lowest BCUT2D eigenvalue weighted by molar-refractivity contribution is -0.125. The molecule has 0 aromatic heterocycles. The van der Waals surface area contributed by atoms with Crippen LogP contribution in [0.3, 0.4) is 0 Å². The van der Waals surface area contributed by atoms with Gasteiger partial charge in [-0.15, -0.1) is 0 Å². The van der Waals surface area contributed by atoms with Crippen molar-refractivity contribution in [3.63, 3.8) is 0 Å². The quantitative estimate of drug-likeness (QED) is 0.844. The SMILES string of the molecule is C[C@@H]1CCCC[C@@H]1NC(=O)COC(=O)c1ccc(Br)cc1. The van der Waals surface area contributed by atoms with Crippen molar-refractivity contribution in [1.82, 2.24) is 5.32 Å². The Morgan fingerprint density at radius 2 is 1.90 bits per heavy atom. The number of halogens is 1. The molecule has 1 aromatic carbocycles. The van der Waals surface area contributed by atoms with Crippen molar-refractivity contribution in [3.05, 3.63) is 34.3 Å². The summed E-state index contributed by atoms with van der Waals surface area (Å²) in [6.45, 7) is 1.93. The van der Waals surface area contributed by atoms with E-state index >= 15 is 0 Å². The highest BCUT2D eigenvalue weighted by Gasteiger charge is 2.23. The number of carbonyl (C=O) groups excluding carboxylic acids is 2. The topological polar surface area (TPSA) is 55.4 Å². The zero-order chi connectivity index (χ0) is 15.2. The minimum Gasteiger partial charge on any atom is -0.452 e. The molecule has 0 unspecified atom stereocenters. The van der Waals surface area contributed by atoms with E-state index in [1.54, 1.807) is 24.3 Å². The van der Waals surface area contributed by atoms with E-state index in [-0.39, 0.29) is 18.6 Å². The van der Waals surface area contributed by atoms with Gasteiger partial charge in [0.2, 0.25) is 0 Å². The third-order valence-electron chi connectivity index (χ3n) is 3.87. The van der Waals surface area contributed by atoms with Gasteiger partial charge in [0.05, 0.1) is 5.56 Å². The van der Waals surface area contributed by atoms with E-state index < -0.39 is 5.97 Å². The van der Waals surface area contributed by atoms with Gasteiger partial charge in [0.25, 0.3) is 5.91 Å². The summed E-state index contributed by atoms with van der Waals surface area (Å²) in [5.41, 5.74) is 0.442. The van der Waals surface area contributed by atoms with E-state index in [9.17, 15) is 9.59 Å². The molecule has 1 N–H and O–H groups in total. The predicted molar refractivity (Wildman–Crippen MR) is 84.0 cm³/mol. The molecule has 1 aliphatic carbocycles. The molecule has 2 rings (SSSR count). The lowest BCUT2D eigenvalue weighted by Gasteiger charge is -2.29. The van der Waals surface area contributed by atoms with Gasteiger partial charge in [0, 0.05) is 10.5 Å². The van der Waals surface area contributed by atoms with Crippen LogP contribution in [-0.2, 0) is 9.53 Å². The second-order valence-electron chi connectivity index (χ2n) is 5.52. The fourth-order valence-electron chi connectivity index (χ4n) is 2.58. The summed E-state index contributed by atoms with van der Waals surface area (Å²) in [6.07, 6.45) is 4.53. The fourth-order valence-corrected chi connectivity index (χ4v) is 2.84. The molecule has 0 radical (unpaired) electrons. The van der Waals surface area contributed by atoms with Crippen molar-refractivity contribution in [2.24, 2.45) is 5.92 Å². The average molecular weight is 354 g/mol. The molecule has 4 nitrogen and oxygen atoms in total. The first kappa shape index (κ1) is 16.0. The average Bonchev–Trinajstić information content (AvgIpc) is 2.48. The third-order valence-corrected chi connectivity index (χ3v) is 4.40. The summed E-state index contributed by atoms with van der Waals surface area (Å²) < 4.78 is 5.93. The molecule has 0 aliphatic heterocycles. The molecule has 114 valence electrons. The van der Waals surface area contributed by atoms with Crippen LogP contribution in [0.4, 0.5) is 0 Å². The minimum absolute atomic E-state index is 0.206. The number of esters is 1. The lowest BCUT2D eigenvalue weighted by atomic mass is 9.86. The first-order valence-corrected chi connectivity index (χ1v) is 8.07. The molecule has 0 spiro atoms. The van der Waals surface area contributed by atoms with Crippen LogP contribution in [0.25, 0.3) is 0 Å². The molecule has 1 amide bonds. The predicted octanol–water partition coefficient (Wildman–Crippen LogP) is 3.30. The van der Waals surface area contributed by atoms with Crippen molar-refractivity contribution in [2.75, 3.05) is 6.61 Å². The van der Waals surface area contributed by atoms with E-state index in [1.807, 2.05) is 0 Å². The second-order valence-corrected chi connectivity index (χ2v) is 6.43. The summed E-state index contributed by atoms with van der Waals surface area (Å²) in [6, 6.07) is 7.06. The number of hydrogen-bond donors (Lipinski definition) is 1. The monoisotopic (exact) mass is 353 g/mol. The van der Waals surface area contributed by atoms with Gasteiger partial charge in [-0.25, -0.2) is 4.79 Å². The fraction of sp³-hybridized carbons (Fsp3) is 0.500. The van der Waals surface area contributed by atoms with Crippen LogP contribution in [0.2, 0.25) is 0 Å². The number of ether oxygens (including phenoxy) is 1. The highest BCUT2D eigenvalue weighted by molar-refractivity contribution is 9.10. The molecule has 2 atom stereocenters. The standard InChI is InChI=1S/C16H20BrNO3/c1-11-4-2-3-5-14(11)18-15(19)10-21-16(20)12-6-8-13(17)9-7-12/h6-9,11,14H,2-5,10H2,1H3,(H,18,19)/t11-,14+/m1/s1. The van der Waals surface area contributed by atoms with Gasteiger partial charge >= 0.3 is 5.97 Å². The van der Waals surface area contributed by atoms with E-state index in [1.165, 1.54) is 6.42 Å². The maximum absolute atomic E-state index is 11.9. The maximum Gasteiger partial charge on any atom is 0.338 e. The van der Waals surface area contributed by atoms with E-state index in [4.69, 9.17) is 4.74 Å². The van der Waals surface area contributed by atoms with Crippen LogP contribution in [0.1, 0.15) is 43.0 Å². The van der Waals surface area contributed by atoms with Crippen molar-refractivity contribution in [1.29, 1.82) is 0 Å². The Bertz CT molecular complexity index is 501. The van der Waals surface area contributed by atoms with E-state index in [2.05, 4.69) is 28.2 Å². The number of nitrogens with one attached hydrogen (secondary N) is 1. The van der Waals surface area contributed by atoms with Gasteiger partial charge in [-0.2, -0.15) is 0 Å². The molecule has 1 aliphatic rings. The number of hydrogen-bond acceptors (Lipinski definition) is 3. The Morgan fingerprint density at radius 1 is 1.24 bits per heavy atom.